The second kappa shape index (κ2) is 6.16. The molecule has 6 heteroatoms. The fourth-order valence-electron chi connectivity index (χ4n) is 2.90. The first-order valence-electron chi connectivity index (χ1n) is 7.81. The molecule has 6 nitrogen and oxygen atoms in total. The van der Waals surface area contributed by atoms with Crippen LogP contribution >= 0.6 is 0 Å². The summed E-state index contributed by atoms with van der Waals surface area (Å²) in [5.74, 6) is 1.66. The van der Waals surface area contributed by atoms with E-state index < -0.39 is 0 Å². The highest BCUT2D eigenvalue weighted by molar-refractivity contribution is 5.68. The number of benzene rings is 1. The highest BCUT2D eigenvalue weighted by Gasteiger charge is 2.21. The van der Waals surface area contributed by atoms with E-state index in [-0.39, 0.29) is 0 Å². The molecule has 1 aliphatic rings. The largest absolute Gasteiger partial charge is 0.435 e. The van der Waals surface area contributed by atoms with Gasteiger partial charge in [0.2, 0.25) is 5.88 Å². The van der Waals surface area contributed by atoms with Crippen LogP contribution in [-0.2, 0) is 13.0 Å². The molecule has 0 saturated carbocycles. The highest BCUT2D eigenvalue weighted by atomic mass is 16.5. The van der Waals surface area contributed by atoms with Gasteiger partial charge in [-0.25, -0.2) is 4.98 Å². The Labute approximate surface area is 140 Å². The minimum atomic E-state index is 0.354. The molecule has 3 aromatic rings. The molecular weight excluding hydrogens is 302 g/mol. The monoisotopic (exact) mass is 319 g/mol. The molecule has 120 valence electrons. The van der Waals surface area contributed by atoms with Gasteiger partial charge in [0.15, 0.2) is 5.82 Å². The first kappa shape index (κ1) is 14.4. The molecule has 0 fully saturated rings. The van der Waals surface area contributed by atoms with Crippen molar-refractivity contribution < 1.29 is 4.74 Å². The third-order valence-corrected chi connectivity index (χ3v) is 4.11. The predicted molar refractivity (Wildman–Crippen MR) is 92.0 cm³/mol. The third-order valence-electron chi connectivity index (χ3n) is 4.11. The van der Waals surface area contributed by atoms with Crippen LogP contribution in [0.3, 0.4) is 0 Å². The van der Waals surface area contributed by atoms with Gasteiger partial charge in [0.25, 0.3) is 0 Å². The lowest BCUT2D eigenvalue weighted by Gasteiger charge is -2.30. The number of hydrogen-bond acceptors (Lipinski definition) is 6. The lowest BCUT2D eigenvalue weighted by atomic mass is 10.00. The van der Waals surface area contributed by atoms with Gasteiger partial charge in [-0.2, -0.15) is 4.98 Å². The van der Waals surface area contributed by atoms with Crippen molar-refractivity contribution in [2.75, 3.05) is 17.2 Å². The number of aromatic nitrogens is 3. The van der Waals surface area contributed by atoms with Gasteiger partial charge in [0.05, 0.1) is 6.20 Å². The summed E-state index contributed by atoms with van der Waals surface area (Å²) in [6.45, 7) is 1.65. The summed E-state index contributed by atoms with van der Waals surface area (Å²) < 4.78 is 5.74. The molecule has 1 aliphatic heterocycles. The Bertz CT molecular complexity index is 853. The van der Waals surface area contributed by atoms with E-state index in [0.29, 0.717) is 23.1 Å². The Hall–Kier alpha value is -3.15. The number of fused-ring (bicyclic) bond motifs is 1. The van der Waals surface area contributed by atoms with E-state index in [4.69, 9.17) is 10.5 Å². The number of anilines is 2. The number of ether oxygens (including phenoxy) is 1. The number of nitrogen functional groups attached to an aromatic ring is 1. The van der Waals surface area contributed by atoms with Gasteiger partial charge < -0.3 is 15.4 Å². The third kappa shape index (κ3) is 2.74. The normalized spacial score (nSPS) is 13.4. The van der Waals surface area contributed by atoms with E-state index >= 15 is 0 Å². The van der Waals surface area contributed by atoms with E-state index in [2.05, 4.69) is 44.1 Å². The van der Waals surface area contributed by atoms with Crippen LogP contribution in [-0.4, -0.2) is 21.5 Å². The highest BCUT2D eigenvalue weighted by Crippen LogP contribution is 2.33. The molecule has 0 bridgehead atoms. The van der Waals surface area contributed by atoms with E-state index in [0.717, 1.165) is 19.5 Å². The van der Waals surface area contributed by atoms with E-state index in [1.165, 1.54) is 17.5 Å². The number of nitrogens with zero attached hydrogens (tertiary/aromatic N) is 4. The minimum absolute atomic E-state index is 0.354. The van der Waals surface area contributed by atoms with Crippen LogP contribution in [0.1, 0.15) is 11.1 Å². The topological polar surface area (TPSA) is 77.2 Å². The summed E-state index contributed by atoms with van der Waals surface area (Å²) in [5, 5.41) is 0. The Balaban J connectivity index is 1.62. The van der Waals surface area contributed by atoms with Crippen molar-refractivity contribution in [3.8, 4) is 11.6 Å². The molecule has 4 rings (SSSR count). The minimum Gasteiger partial charge on any atom is -0.435 e. The van der Waals surface area contributed by atoms with Crippen molar-refractivity contribution >= 4 is 11.5 Å². The summed E-state index contributed by atoms with van der Waals surface area (Å²) in [6, 6.07) is 12.1. The lowest BCUT2D eigenvalue weighted by molar-refractivity contribution is 0.461. The van der Waals surface area contributed by atoms with Gasteiger partial charge in [-0.3, -0.25) is 4.98 Å². The fraction of sp³-hybridized carbons (Fsp3) is 0.167. The zero-order valence-corrected chi connectivity index (χ0v) is 13.1. The van der Waals surface area contributed by atoms with Crippen LogP contribution in [0.4, 0.5) is 11.5 Å². The quantitative estimate of drug-likeness (QED) is 0.800. The van der Waals surface area contributed by atoms with Crippen LogP contribution in [0.2, 0.25) is 0 Å². The Morgan fingerprint density at radius 2 is 1.92 bits per heavy atom. The van der Waals surface area contributed by atoms with Crippen molar-refractivity contribution in [2.24, 2.45) is 0 Å². The fourth-order valence-corrected chi connectivity index (χ4v) is 2.90. The van der Waals surface area contributed by atoms with Crippen LogP contribution in [0.25, 0.3) is 0 Å². The number of rotatable bonds is 3. The molecule has 2 N–H and O–H groups in total. The number of hydrogen-bond donors (Lipinski definition) is 1. The summed E-state index contributed by atoms with van der Waals surface area (Å²) in [6.07, 6.45) is 5.77. The maximum absolute atomic E-state index is 6.27. The SMILES string of the molecule is Nc1c(Oc2cccnc2)ncnc1N1CCc2ccccc2C1. The van der Waals surface area contributed by atoms with Crippen molar-refractivity contribution in [3.05, 3.63) is 66.2 Å². The maximum atomic E-state index is 6.27. The molecule has 0 saturated heterocycles. The molecule has 0 amide bonds. The molecule has 0 atom stereocenters. The predicted octanol–water partition coefficient (Wildman–Crippen LogP) is 2.81. The molecule has 0 radical (unpaired) electrons. The lowest BCUT2D eigenvalue weighted by Crippen LogP contribution is -2.31. The van der Waals surface area contributed by atoms with Gasteiger partial charge in [-0.15, -0.1) is 0 Å². The smallest absolute Gasteiger partial charge is 0.248 e. The average molecular weight is 319 g/mol. The standard InChI is InChI=1S/C18H17N5O/c19-16-17(23-9-7-13-4-1-2-5-14(13)11-23)21-12-22-18(16)24-15-6-3-8-20-10-15/h1-6,8,10,12H,7,9,11,19H2. The van der Waals surface area contributed by atoms with Crippen LogP contribution in [0, 0.1) is 0 Å². The summed E-state index contributed by atoms with van der Waals surface area (Å²) in [5.41, 5.74) is 9.40. The summed E-state index contributed by atoms with van der Waals surface area (Å²) >= 11 is 0. The first-order valence-corrected chi connectivity index (χ1v) is 7.81. The van der Waals surface area contributed by atoms with Crippen molar-refractivity contribution in [3.63, 3.8) is 0 Å². The second-order valence-electron chi connectivity index (χ2n) is 5.65. The molecule has 2 aromatic heterocycles. The van der Waals surface area contributed by atoms with E-state index in [1.807, 2.05) is 6.07 Å². The van der Waals surface area contributed by atoms with Gasteiger partial charge in [0, 0.05) is 19.3 Å². The molecule has 0 spiro atoms. The molecule has 1 aromatic carbocycles. The Kier molecular flexibility index (Phi) is 3.70. The van der Waals surface area contributed by atoms with Crippen molar-refractivity contribution in [1.82, 2.24) is 15.0 Å². The summed E-state index contributed by atoms with van der Waals surface area (Å²) in [4.78, 5) is 14.7. The Morgan fingerprint density at radius 3 is 2.75 bits per heavy atom. The van der Waals surface area contributed by atoms with Gasteiger partial charge in [-0.05, 0) is 29.7 Å². The van der Waals surface area contributed by atoms with Crippen LogP contribution in [0.15, 0.2) is 55.1 Å². The van der Waals surface area contributed by atoms with E-state index in [9.17, 15) is 0 Å². The van der Waals surface area contributed by atoms with Gasteiger partial charge in [0.1, 0.15) is 17.8 Å². The zero-order valence-electron chi connectivity index (χ0n) is 13.1. The zero-order chi connectivity index (χ0) is 16.4. The molecule has 0 unspecified atom stereocenters. The molecular formula is C18H17N5O. The van der Waals surface area contributed by atoms with Crippen LogP contribution < -0.4 is 15.4 Å². The average Bonchev–Trinajstić information content (AvgIpc) is 2.64. The van der Waals surface area contributed by atoms with Crippen molar-refractivity contribution in [1.29, 1.82) is 0 Å². The van der Waals surface area contributed by atoms with Crippen molar-refractivity contribution in [2.45, 2.75) is 13.0 Å². The number of pyridine rings is 1. The maximum Gasteiger partial charge on any atom is 0.248 e. The Morgan fingerprint density at radius 1 is 1.04 bits per heavy atom. The van der Waals surface area contributed by atoms with Crippen LogP contribution in [0.5, 0.6) is 11.6 Å². The first-order chi connectivity index (χ1) is 11.8. The molecule has 0 aliphatic carbocycles. The molecule has 3 heterocycles. The van der Waals surface area contributed by atoms with E-state index in [1.54, 1.807) is 18.5 Å². The van der Waals surface area contributed by atoms with Gasteiger partial charge in [-0.1, -0.05) is 24.3 Å². The summed E-state index contributed by atoms with van der Waals surface area (Å²) in [7, 11) is 0. The number of nitrogens with two attached hydrogens (primary N) is 1. The second-order valence-corrected chi connectivity index (χ2v) is 5.65. The molecule has 24 heavy (non-hydrogen) atoms. The van der Waals surface area contributed by atoms with Gasteiger partial charge >= 0.3 is 0 Å².